The summed E-state index contributed by atoms with van der Waals surface area (Å²) in [7, 11) is 0. The van der Waals surface area contributed by atoms with Crippen LogP contribution in [0.2, 0.25) is 0 Å². The van der Waals surface area contributed by atoms with Gasteiger partial charge in [-0.3, -0.25) is 0 Å². The van der Waals surface area contributed by atoms with Crippen LogP contribution in [0.1, 0.15) is 12.2 Å². The van der Waals surface area contributed by atoms with E-state index in [2.05, 4.69) is 25.9 Å². The average molecular weight is 283 g/mol. The summed E-state index contributed by atoms with van der Waals surface area (Å²) in [5.74, 6) is 0.880. The molecule has 1 unspecified atom stereocenters. The minimum atomic E-state index is -2.39. The summed E-state index contributed by atoms with van der Waals surface area (Å²) < 4.78 is 28.2. The monoisotopic (exact) mass is 282 g/mol. The summed E-state index contributed by atoms with van der Waals surface area (Å²) in [6.07, 6.45) is 2.48. The van der Waals surface area contributed by atoms with E-state index in [9.17, 15) is 8.78 Å². The molecular formula is C9H13BrF2N2O. The van der Waals surface area contributed by atoms with Crippen molar-refractivity contribution in [3.63, 3.8) is 0 Å². The van der Waals surface area contributed by atoms with Crippen LogP contribution in [0, 0.1) is 0 Å². The highest BCUT2D eigenvalue weighted by atomic mass is 79.9. The summed E-state index contributed by atoms with van der Waals surface area (Å²) in [6.45, 7) is -0.151. The van der Waals surface area contributed by atoms with Crippen molar-refractivity contribution >= 4 is 15.9 Å². The number of alkyl halides is 3. The fourth-order valence-electron chi connectivity index (χ4n) is 1.11. The van der Waals surface area contributed by atoms with E-state index in [4.69, 9.17) is 4.74 Å². The van der Waals surface area contributed by atoms with Crippen LogP contribution in [0.25, 0.3) is 0 Å². The average Bonchev–Trinajstić information content (AvgIpc) is 2.64. The molecule has 0 saturated heterocycles. The first kappa shape index (κ1) is 12.6. The molecule has 0 spiro atoms. The van der Waals surface area contributed by atoms with Gasteiger partial charge in [0.05, 0.1) is 0 Å². The first-order chi connectivity index (χ1) is 7.18. The summed E-state index contributed by atoms with van der Waals surface area (Å²) in [5, 5.41) is 0. The normalized spacial score (nSPS) is 13.3. The maximum atomic E-state index is 11.7. The van der Waals surface area contributed by atoms with Gasteiger partial charge in [0, 0.05) is 30.2 Å². The van der Waals surface area contributed by atoms with Crippen molar-refractivity contribution in [2.75, 3.05) is 13.2 Å². The molecule has 0 aliphatic heterocycles. The van der Waals surface area contributed by atoms with Gasteiger partial charge in [0.25, 0.3) is 6.43 Å². The zero-order chi connectivity index (χ0) is 11.1. The lowest BCUT2D eigenvalue weighted by Crippen LogP contribution is -2.11. The summed E-state index contributed by atoms with van der Waals surface area (Å²) in [4.78, 5) is 7.24. The standard InChI is InChI=1S/C9H13BrF2N2O/c10-7(1-4-15-6-8(11)12)5-9-13-2-3-14-9/h2-3,7-8H,1,4-6H2,(H,13,14). The Bertz CT molecular complexity index is 257. The molecule has 0 aliphatic carbocycles. The lowest BCUT2D eigenvalue weighted by Gasteiger charge is -2.08. The molecule has 15 heavy (non-hydrogen) atoms. The molecule has 1 aromatic heterocycles. The lowest BCUT2D eigenvalue weighted by atomic mass is 10.2. The van der Waals surface area contributed by atoms with Crippen LogP contribution in [0.15, 0.2) is 12.4 Å². The fraction of sp³-hybridized carbons (Fsp3) is 0.667. The molecule has 0 saturated carbocycles. The largest absolute Gasteiger partial charge is 0.375 e. The zero-order valence-corrected chi connectivity index (χ0v) is 9.71. The van der Waals surface area contributed by atoms with Gasteiger partial charge in [0.2, 0.25) is 0 Å². The predicted molar refractivity (Wildman–Crippen MR) is 56.4 cm³/mol. The molecule has 0 bridgehead atoms. The second-order valence-corrected chi connectivity index (χ2v) is 4.39. The van der Waals surface area contributed by atoms with Gasteiger partial charge in [0.1, 0.15) is 12.4 Å². The second kappa shape index (κ2) is 6.90. The highest BCUT2D eigenvalue weighted by Gasteiger charge is 2.08. The summed E-state index contributed by atoms with van der Waals surface area (Å²) in [6, 6.07) is 0. The Morgan fingerprint density at radius 3 is 2.93 bits per heavy atom. The molecular weight excluding hydrogens is 270 g/mol. The van der Waals surface area contributed by atoms with Gasteiger partial charge in [-0.25, -0.2) is 13.8 Å². The Kier molecular flexibility index (Phi) is 5.78. The van der Waals surface area contributed by atoms with Crippen molar-refractivity contribution in [3.8, 4) is 0 Å². The van der Waals surface area contributed by atoms with Crippen LogP contribution in [0.3, 0.4) is 0 Å². The van der Waals surface area contributed by atoms with Crippen molar-refractivity contribution in [2.45, 2.75) is 24.1 Å². The molecule has 1 heterocycles. The van der Waals surface area contributed by atoms with Crippen molar-refractivity contribution in [1.82, 2.24) is 9.97 Å². The third-order valence-electron chi connectivity index (χ3n) is 1.79. The molecule has 86 valence electrons. The number of H-pyrrole nitrogens is 1. The topological polar surface area (TPSA) is 37.9 Å². The molecule has 3 nitrogen and oxygen atoms in total. The van der Waals surface area contributed by atoms with Gasteiger partial charge >= 0.3 is 0 Å². The van der Waals surface area contributed by atoms with E-state index in [1.54, 1.807) is 12.4 Å². The van der Waals surface area contributed by atoms with Gasteiger partial charge in [0.15, 0.2) is 0 Å². The number of rotatable bonds is 7. The van der Waals surface area contributed by atoms with Gasteiger partial charge in [-0.15, -0.1) is 0 Å². The van der Waals surface area contributed by atoms with Crippen molar-refractivity contribution < 1.29 is 13.5 Å². The third-order valence-corrected chi connectivity index (χ3v) is 2.57. The van der Waals surface area contributed by atoms with Crippen LogP contribution in [-0.4, -0.2) is 34.4 Å². The Morgan fingerprint density at radius 2 is 2.33 bits per heavy atom. The van der Waals surface area contributed by atoms with Crippen LogP contribution < -0.4 is 0 Å². The van der Waals surface area contributed by atoms with E-state index < -0.39 is 13.0 Å². The highest BCUT2D eigenvalue weighted by Crippen LogP contribution is 2.10. The minimum absolute atomic E-state index is 0.196. The molecule has 1 atom stereocenters. The Morgan fingerprint density at radius 1 is 1.53 bits per heavy atom. The number of imidazole rings is 1. The molecule has 1 rings (SSSR count). The Balaban J connectivity index is 2.06. The fourth-order valence-corrected chi connectivity index (χ4v) is 1.60. The maximum Gasteiger partial charge on any atom is 0.261 e. The smallest absolute Gasteiger partial charge is 0.261 e. The van der Waals surface area contributed by atoms with Crippen LogP contribution in [-0.2, 0) is 11.2 Å². The van der Waals surface area contributed by atoms with E-state index in [1.807, 2.05) is 0 Å². The van der Waals surface area contributed by atoms with Gasteiger partial charge in [-0.2, -0.15) is 0 Å². The predicted octanol–water partition coefficient (Wildman–Crippen LogP) is 2.39. The minimum Gasteiger partial charge on any atom is -0.375 e. The first-order valence-electron chi connectivity index (χ1n) is 4.66. The number of ether oxygens (including phenoxy) is 1. The molecule has 0 radical (unpaired) electrons. The molecule has 1 N–H and O–H groups in total. The van der Waals surface area contributed by atoms with Gasteiger partial charge in [-0.1, -0.05) is 15.9 Å². The van der Waals surface area contributed by atoms with E-state index in [0.29, 0.717) is 13.0 Å². The number of aromatic amines is 1. The van der Waals surface area contributed by atoms with Gasteiger partial charge < -0.3 is 9.72 Å². The highest BCUT2D eigenvalue weighted by molar-refractivity contribution is 9.09. The van der Waals surface area contributed by atoms with Crippen LogP contribution in [0.5, 0.6) is 0 Å². The van der Waals surface area contributed by atoms with Crippen molar-refractivity contribution in [2.24, 2.45) is 0 Å². The SMILES string of the molecule is FC(F)COCCC(Br)Cc1ncc[nH]1. The Hall–Kier alpha value is -0.490. The number of nitrogens with zero attached hydrogens (tertiary/aromatic N) is 1. The molecule has 0 aliphatic rings. The van der Waals surface area contributed by atoms with Crippen molar-refractivity contribution in [3.05, 3.63) is 18.2 Å². The van der Waals surface area contributed by atoms with E-state index in [1.165, 1.54) is 0 Å². The maximum absolute atomic E-state index is 11.7. The molecule has 6 heteroatoms. The number of halogens is 3. The molecule has 1 aromatic rings. The third kappa shape index (κ3) is 5.84. The van der Waals surface area contributed by atoms with Crippen LogP contribution in [0.4, 0.5) is 8.78 Å². The van der Waals surface area contributed by atoms with E-state index in [0.717, 1.165) is 12.2 Å². The van der Waals surface area contributed by atoms with E-state index in [-0.39, 0.29) is 4.83 Å². The summed E-state index contributed by atoms with van der Waals surface area (Å²) in [5.41, 5.74) is 0. The van der Waals surface area contributed by atoms with Crippen LogP contribution >= 0.6 is 15.9 Å². The molecule has 0 amide bonds. The zero-order valence-electron chi connectivity index (χ0n) is 8.13. The number of hydrogen-bond donors (Lipinski definition) is 1. The molecule has 0 fully saturated rings. The van der Waals surface area contributed by atoms with E-state index >= 15 is 0 Å². The first-order valence-corrected chi connectivity index (χ1v) is 5.58. The number of hydrogen-bond acceptors (Lipinski definition) is 2. The van der Waals surface area contributed by atoms with Gasteiger partial charge in [-0.05, 0) is 6.42 Å². The Labute approximate surface area is 95.4 Å². The van der Waals surface area contributed by atoms with Crippen molar-refractivity contribution in [1.29, 1.82) is 0 Å². The summed E-state index contributed by atoms with van der Waals surface area (Å²) >= 11 is 3.44. The lowest BCUT2D eigenvalue weighted by molar-refractivity contribution is 0.0167. The second-order valence-electron chi connectivity index (χ2n) is 3.09. The number of nitrogens with one attached hydrogen (secondary N) is 1. The molecule has 0 aromatic carbocycles. The number of aromatic nitrogens is 2. The quantitative estimate of drug-likeness (QED) is 0.616.